The summed E-state index contributed by atoms with van der Waals surface area (Å²) < 4.78 is 49.6. The molecule has 3 heterocycles. The van der Waals surface area contributed by atoms with Crippen LogP contribution in [0.5, 0.6) is 5.88 Å². The summed E-state index contributed by atoms with van der Waals surface area (Å²) in [6.07, 6.45) is 0.0637. The third-order valence-electron chi connectivity index (χ3n) is 8.40. The Kier molecular flexibility index (Phi) is 13.7. The van der Waals surface area contributed by atoms with Gasteiger partial charge in [0.05, 0.1) is 27.9 Å². The SMILES string of the molecule is CC.[B]C([B])(COc1ccn(-c2ccc(C(=O)NS/C(C=C)=N/C(=C)NCCCC3CNC(C)(C)C3)c(Cl)n2)n1)C(O)(O)C1(C(F)(F)F)CC1. The first kappa shape index (κ1) is 41.4. The number of hydrogen-bond donors (Lipinski definition) is 5. The number of alkyl halides is 3. The number of nitrogens with zero attached hydrogens (tertiary/aromatic N) is 4. The molecule has 0 aromatic carbocycles. The summed E-state index contributed by atoms with van der Waals surface area (Å²) in [5, 5.41) is 29.0. The molecule has 1 saturated heterocycles. The van der Waals surface area contributed by atoms with E-state index in [2.05, 4.69) is 57.4 Å². The van der Waals surface area contributed by atoms with Gasteiger partial charge in [-0.3, -0.25) is 9.52 Å². The number of carbonyl (C=O) groups is 1. The third-order valence-corrected chi connectivity index (χ3v) is 9.44. The molecule has 270 valence electrons. The van der Waals surface area contributed by atoms with E-state index in [9.17, 15) is 28.2 Å². The summed E-state index contributed by atoms with van der Waals surface area (Å²) in [6, 6.07) is 4.18. The summed E-state index contributed by atoms with van der Waals surface area (Å²) in [5.74, 6) is -2.96. The second kappa shape index (κ2) is 16.6. The fraction of sp³-hybridized carbons (Fsp3) is 0.562. The number of aliphatic hydroxyl groups is 2. The Morgan fingerprint density at radius 1 is 1.28 bits per heavy atom. The number of pyridine rings is 1. The normalized spacial score (nSPS) is 18.4. The van der Waals surface area contributed by atoms with Crippen LogP contribution in [-0.2, 0) is 0 Å². The summed E-state index contributed by atoms with van der Waals surface area (Å²) >= 11 is 7.22. The van der Waals surface area contributed by atoms with Crippen LogP contribution in [0.15, 0.2) is 54.4 Å². The van der Waals surface area contributed by atoms with Gasteiger partial charge in [-0.15, -0.1) is 5.10 Å². The number of halogens is 4. The first-order valence-electron chi connectivity index (χ1n) is 16.1. The van der Waals surface area contributed by atoms with E-state index in [4.69, 9.17) is 32.0 Å². The highest BCUT2D eigenvalue weighted by molar-refractivity contribution is 8.13. The van der Waals surface area contributed by atoms with Crippen LogP contribution in [0.1, 0.15) is 70.2 Å². The topological polar surface area (TPSA) is 146 Å². The zero-order chi connectivity index (χ0) is 37.5. The molecule has 2 fully saturated rings. The van der Waals surface area contributed by atoms with Gasteiger partial charge >= 0.3 is 6.18 Å². The van der Waals surface area contributed by atoms with E-state index in [1.807, 2.05) is 13.8 Å². The van der Waals surface area contributed by atoms with Crippen molar-refractivity contribution in [2.45, 2.75) is 82.5 Å². The molecule has 0 spiro atoms. The molecule has 1 amide bonds. The molecule has 4 rings (SSSR count). The quantitative estimate of drug-likeness (QED) is 0.0345. The van der Waals surface area contributed by atoms with E-state index in [-0.39, 0.29) is 28.0 Å². The van der Waals surface area contributed by atoms with Gasteiger partial charge in [0, 0.05) is 36.3 Å². The Bertz CT molecular complexity index is 1550. The average molecular weight is 736 g/mol. The molecule has 4 radical (unpaired) electrons. The van der Waals surface area contributed by atoms with E-state index < -0.39 is 47.9 Å². The molecule has 1 aliphatic heterocycles. The Hall–Kier alpha value is -2.98. The van der Waals surface area contributed by atoms with Crippen LogP contribution in [0.4, 0.5) is 13.2 Å². The van der Waals surface area contributed by atoms with Crippen molar-refractivity contribution in [1.82, 2.24) is 30.1 Å². The lowest BCUT2D eigenvalue weighted by Crippen LogP contribution is -2.58. The fourth-order valence-electron chi connectivity index (χ4n) is 5.48. The monoisotopic (exact) mass is 735 g/mol. The molecule has 0 bridgehead atoms. The summed E-state index contributed by atoms with van der Waals surface area (Å²) in [4.78, 5) is 21.4. The molecule has 1 saturated carbocycles. The number of carbonyl (C=O) groups excluding carboxylic acids is 1. The van der Waals surface area contributed by atoms with Gasteiger partial charge in [-0.05, 0) is 81.8 Å². The first-order valence-corrected chi connectivity index (χ1v) is 17.3. The largest absolute Gasteiger partial charge is 0.477 e. The molecule has 2 aromatic heterocycles. The van der Waals surface area contributed by atoms with Gasteiger partial charge in [0.2, 0.25) is 5.88 Å². The average Bonchev–Trinajstić information content (AvgIpc) is 3.65. The molecule has 2 aliphatic rings. The third kappa shape index (κ3) is 9.87. The number of amides is 1. The minimum Gasteiger partial charge on any atom is -0.477 e. The molecule has 11 nitrogen and oxygen atoms in total. The van der Waals surface area contributed by atoms with Gasteiger partial charge in [-0.25, -0.2) is 14.7 Å². The molecular formula is C32H43B2ClF3N7O4S. The van der Waals surface area contributed by atoms with Crippen molar-refractivity contribution in [3.8, 4) is 11.7 Å². The van der Waals surface area contributed by atoms with Crippen molar-refractivity contribution in [2.75, 3.05) is 19.7 Å². The molecule has 50 heavy (non-hydrogen) atoms. The summed E-state index contributed by atoms with van der Waals surface area (Å²) in [5.41, 5.74) is -2.61. The Morgan fingerprint density at radius 2 is 1.96 bits per heavy atom. The van der Waals surface area contributed by atoms with Crippen molar-refractivity contribution in [3.63, 3.8) is 0 Å². The highest BCUT2D eigenvalue weighted by atomic mass is 35.5. The van der Waals surface area contributed by atoms with Gasteiger partial charge in [0.25, 0.3) is 5.91 Å². The number of nitrogens with one attached hydrogen (secondary N) is 3. The van der Waals surface area contributed by atoms with Crippen LogP contribution < -0.4 is 20.1 Å². The smallest absolute Gasteiger partial charge is 0.399 e. The van der Waals surface area contributed by atoms with Gasteiger partial charge < -0.3 is 25.6 Å². The van der Waals surface area contributed by atoms with Crippen molar-refractivity contribution in [1.29, 1.82) is 0 Å². The molecule has 18 heteroatoms. The lowest BCUT2D eigenvalue weighted by atomic mass is 9.47. The fourth-order valence-corrected chi connectivity index (χ4v) is 6.26. The van der Waals surface area contributed by atoms with E-state index in [1.54, 1.807) is 0 Å². The van der Waals surface area contributed by atoms with Crippen LogP contribution in [-0.4, -0.2) is 88.8 Å². The van der Waals surface area contributed by atoms with Crippen molar-refractivity contribution in [3.05, 3.63) is 60.2 Å². The lowest BCUT2D eigenvalue weighted by Gasteiger charge is -2.45. The highest BCUT2D eigenvalue weighted by Crippen LogP contribution is 2.67. The zero-order valence-electron chi connectivity index (χ0n) is 28.6. The second-order valence-corrected chi connectivity index (χ2v) is 13.9. The van der Waals surface area contributed by atoms with Gasteiger partial charge in [0.15, 0.2) is 11.6 Å². The second-order valence-electron chi connectivity index (χ2n) is 12.7. The van der Waals surface area contributed by atoms with Gasteiger partial charge in [-0.1, -0.05) is 38.6 Å². The van der Waals surface area contributed by atoms with E-state index in [0.29, 0.717) is 23.3 Å². The van der Waals surface area contributed by atoms with Crippen LogP contribution in [0, 0.1) is 11.3 Å². The number of aromatic nitrogens is 3. The van der Waals surface area contributed by atoms with Crippen LogP contribution in [0.2, 0.25) is 10.4 Å². The minimum absolute atomic E-state index is 0.0541. The van der Waals surface area contributed by atoms with Crippen LogP contribution in [0.3, 0.4) is 0 Å². The van der Waals surface area contributed by atoms with E-state index >= 15 is 0 Å². The maximum absolute atomic E-state index is 13.5. The Labute approximate surface area is 302 Å². The molecular weight excluding hydrogens is 693 g/mol. The Balaban J connectivity index is 0.00000332. The first-order chi connectivity index (χ1) is 23.3. The van der Waals surface area contributed by atoms with Gasteiger partial charge in [-0.2, -0.15) is 13.2 Å². The number of aliphatic imine (C=N–C) groups is 1. The maximum atomic E-state index is 13.5. The van der Waals surface area contributed by atoms with Crippen LogP contribution in [0.25, 0.3) is 5.82 Å². The zero-order valence-corrected chi connectivity index (χ0v) is 30.2. The predicted molar refractivity (Wildman–Crippen MR) is 192 cm³/mol. The molecule has 5 N–H and O–H groups in total. The minimum atomic E-state index is -4.94. The van der Waals surface area contributed by atoms with Gasteiger partial charge in [0.1, 0.15) is 21.4 Å². The number of hydrogen-bond acceptors (Lipinski definition) is 10. The summed E-state index contributed by atoms with van der Waals surface area (Å²) in [6.45, 7) is 16.9. The van der Waals surface area contributed by atoms with E-state index in [0.717, 1.165) is 37.8 Å². The number of ether oxygens (including phenoxy) is 1. The standard InChI is InChI=1S/C30H37B2ClF3N7O4S.C2H6/c1-5-23(39-18(2)37-13-6-7-19-15-26(3,4)38-16-19)48-42-25(44)20-8-9-21(40-24(20)33)43-14-10-22(41-43)47-17-28(31,32)29(45,46)27(11-12-27)30(34,35)36;1-2/h5,8-10,14,19,37-38,45-46H,1-2,6-7,11-13,15-17H2,3-4H3,(H,42,44);1-2H3/b39-23+;. The lowest BCUT2D eigenvalue weighted by molar-refractivity contribution is -0.317. The van der Waals surface area contributed by atoms with Crippen molar-refractivity contribution in [2.24, 2.45) is 16.3 Å². The Morgan fingerprint density at radius 3 is 2.52 bits per heavy atom. The number of rotatable bonds is 14. The maximum Gasteiger partial charge on any atom is 0.399 e. The molecule has 1 atom stereocenters. The highest BCUT2D eigenvalue weighted by Gasteiger charge is 2.76. The van der Waals surface area contributed by atoms with Crippen molar-refractivity contribution < 1.29 is 32.9 Å². The molecule has 1 aliphatic carbocycles. The molecule has 1 unspecified atom stereocenters. The predicted octanol–water partition coefficient (Wildman–Crippen LogP) is 4.99. The van der Waals surface area contributed by atoms with E-state index in [1.165, 1.54) is 35.2 Å². The molecule has 2 aromatic rings. The summed E-state index contributed by atoms with van der Waals surface area (Å²) in [7, 11) is 11.4. The van der Waals surface area contributed by atoms with Crippen LogP contribution >= 0.6 is 23.5 Å². The van der Waals surface area contributed by atoms with Crippen molar-refractivity contribution >= 4 is 50.2 Å².